The predicted octanol–water partition coefficient (Wildman–Crippen LogP) is 2.97. The zero-order chi connectivity index (χ0) is 13.7. The summed E-state index contributed by atoms with van der Waals surface area (Å²) >= 11 is 0. The SMILES string of the molecule is CN(C)C1(C(NN)C2=CCCCCCC2)CCCC1. The molecule has 2 aliphatic carbocycles. The lowest BCUT2D eigenvalue weighted by atomic mass is 9.80. The Balaban J connectivity index is 2.21. The molecule has 0 bridgehead atoms. The molecule has 1 unspecified atom stereocenters. The van der Waals surface area contributed by atoms with Crippen LogP contribution in [0.25, 0.3) is 0 Å². The Hall–Kier alpha value is -0.380. The largest absolute Gasteiger partial charge is 0.302 e. The number of hydrazine groups is 1. The fourth-order valence-electron chi connectivity index (χ4n) is 4.07. The number of nitrogens with one attached hydrogen (secondary N) is 1. The van der Waals surface area contributed by atoms with E-state index in [0.717, 1.165) is 0 Å². The smallest absolute Gasteiger partial charge is 0.0603 e. The van der Waals surface area contributed by atoms with Crippen LogP contribution in [-0.2, 0) is 0 Å². The van der Waals surface area contributed by atoms with Crippen LogP contribution >= 0.6 is 0 Å². The summed E-state index contributed by atoms with van der Waals surface area (Å²) in [6.07, 6.45) is 15.6. The van der Waals surface area contributed by atoms with Crippen LogP contribution in [0.3, 0.4) is 0 Å². The maximum atomic E-state index is 5.98. The van der Waals surface area contributed by atoms with E-state index in [4.69, 9.17) is 5.84 Å². The second kappa shape index (κ2) is 6.87. The molecule has 3 heteroatoms. The van der Waals surface area contributed by atoms with Crippen molar-refractivity contribution >= 4 is 0 Å². The average Bonchev–Trinajstić information content (AvgIpc) is 2.83. The van der Waals surface area contributed by atoms with E-state index in [2.05, 4.69) is 30.5 Å². The van der Waals surface area contributed by atoms with Gasteiger partial charge in [0.15, 0.2) is 0 Å². The molecular weight excluding hydrogens is 234 g/mol. The second-order valence-electron chi connectivity index (χ2n) is 6.54. The first kappa shape index (κ1) is 15.0. The molecule has 1 atom stereocenters. The molecule has 0 heterocycles. The van der Waals surface area contributed by atoms with E-state index >= 15 is 0 Å². The fraction of sp³-hybridized carbons (Fsp3) is 0.875. The minimum atomic E-state index is 0.236. The van der Waals surface area contributed by atoms with Crippen LogP contribution in [0.2, 0.25) is 0 Å². The molecule has 3 nitrogen and oxygen atoms in total. The van der Waals surface area contributed by atoms with Crippen LogP contribution in [0.5, 0.6) is 0 Å². The zero-order valence-corrected chi connectivity index (χ0v) is 12.8. The summed E-state index contributed by atoms with van der Waals surface area (Å²) in [4.78, 5) is 2.42. The molecule has 2 aliphatic rings. The van der Waals surface area contributed by atoms with Crippen LogP contribution in [0.1, 0.15) is 64.2 Å². The first-order chi connectivity index (χ1) is 9.20. The lowest BCUT2D eigenvalue weighted by Crippen LogP contribution is -2.60. The van der Waals surface area contributed by atoms with Crippen molar-refractivity contribution in [2.45, 2.75) is 75.8 Å². The van der Waals surface area contributed by atoms with Crippen molar-refractivity contribution in [2.24, 2.45) is 5.84 Å². The van der Waals surface area contributed by atoms with Crippen LogP contribution in [-0.4, -0.2) is 30.6 Å². The minimum Gasteiger partial charge on any atom is -0.302 e. The van der Waals surface area contributed by atoms with Crippen LogP contribution < -0.4 is 11.3 Å². The molecule has 19 heavy (non-hydrogen) atoms. The van der Waals surface area contributed by atoms with Crippen molar-refractivity contribution in [3.05, 3.63) is 11.6 Å². The Morgan fingerprint density at radius 1 is 1.11 bits per heavy atom. The van der Waals surface area contributed by atoms with E-state index in [1.807, 2.05) is 0 Å². The van der Waals surface area contributed by atoms with E-state index < -0.39 is 0 Å². The third-order valence-electron chi connectivity index (χ3n) is 5.26. The molecule has 2 rings (SSSR count). The van der Waals surface area contributed by atoms with E-state index in [9.17, 15) is 0 Å². The lowest BCUT2D eigenvalue weighted by Gasteiger charge is -2.44. The van der Waals surface area contributed by atoms with Crippen molar-refractivity contribution in [1.82, 2.24) is 10.3 Å². The Kier molecular flexibility index (Phi) is 5.43. The first-order valence-corrected chi connectivity index (χ1v) is 8.03. The van der Waals surface area contributed by atoms with Gasteiger partial charge in [0.05, 0.1) is 6.04 Å². The Morgan fingerprint density at radius 3 is 2.42 bits per heavy atom. The van der Waals surface area contributed by atoms with Gasteiger partial charge in [-0.25, -0.2) is 0 Å². The molecule has 0 aromatic carbocycles. The summed E-state index contributed by atoms with van der Waals surface area (Å²) in [5.74, 6) is 5.98. The number of nitrogens with two attached hydrogens (primary N) is 1. The second-order valence-corrected chi connectivity index (χ2v) is 6.54. The van der Waals surface area contributed by atoms with Gasteiger partial charge < -0.3 is 4.90 Å². The predicted molar refractivity (Wildman–Crippen MR) is 81.8 cm³/mol. The minimum absolute atomic E-state index is 0.236. The van der Waals surface area contributed by atoms with Crippen molar-refractivity contribution in [1.29, 1.82) is 0 Å². The highest BCUT2D eigenvalue weighted by Gasteiger charge is 2.44. The number of hydrogen-bond acceptors (Lipinski definition) is 3. The van der Waals surface area contributed by atoms with Gasteiger partial charge in [-0.2, -0.15) is 0 Å². The van der Waals surface area contributed by atoms with E-state index in [1.54, 1.807) is 5.57 Å². The van der Waals surface area contributed by atoms with E-state index in [-0.39, 0.29) is 5.54 Å². The summed E-state index contributed by atoms with van der Waals surface area (Å²) < 4.78 is 0. The van der Waals surface area contributed by atoms with Gasteiger partial charge in [0, 0.05) is 5.54 Å². The van der Waals surface area contributed by atoms with Gasteiger partial charge in [0.25, 0.3) is 0 Å². The van der Waals surface area contributed by atoms with Gasteiger partial charge in [-0.1, -0.05) is 37.3 Å². The summed E-state index contributed by atoms with van der Waals surface area (Å²) in [6.45, 7) is 0. The van der Waals surface area contributed by atoms with Crippen molar-refractivity contribution < 1.29 is 0 Å². The van der Waals surface area contributed by atoms with Crippen molar-refractivity contribution in [3.63, 3.8) is 0 Å². The topological polar surface area (TPSA) is 41.3 Å². The van der Waals surface area contributed by atoms with Gasteiger partial charge in [-0.05, 0) is 52.6 Å². The summed E-state index contributed by atoms with van der Waals surface area (Å²) in [7, 11) is 4.44. The van der Waals surface area contributed by atoms with Crippen LogP contribution in [0.4, 0.5) is 0 Å². The Morgan fingerprint density at radius 2 is 1.79 bits per heavy atom. The van der Waals surface area contributed by atoms with Gasteiger partial charge in [-0.15, -0.1) is 0 Å². The number of hydrogen-bond donors (Lipinski definition) is 2. The maximum Gasteiger partial charge on any atom is 0.0603 e. The van der Waals surface area contributed by atoms with Crippen molar-refractivity contribution in [2.75, 3.05) is 14.1 Å². The molecule has 3 N–H and O–H groups in total. The zero-order valence-electron chi connectivity index (χ0n) is 12.8. The summed E-state index contributed by atoms with van der Waals surface area (Å²) in [5.41, 5.74) is 4.98. The lowest BCUT2D eigenvalue weighted by molar-refractivity contribution is 0.118. The monoisotopic (exact) mass is 265 g/mol. The third kappa shape index (κ3) is 3.21. The molecule has 0 aromatic heterocycles. The quantitative estimate of drug-likeness (QED) is 0.466. The molecular formula is C16H31N3. The van der Waals surface area contributed by atoms with Gasteiger partial charge >= 0.3 is 0 Å². The van der Waals surface area contributed by atoms with Gasteiger partial charge in [0.1, 0.15) is 0 Å². The molecule has 0 spiro atoms. The summed E-state index contributed by atoms with van der Waals surface area (Å²) in [6, 6.07) is 0.336. The number of allylic oxidation sites excluding steroid dienone is 1. The Labute approximate surface area is 118 Å². The molecule has 110 valence electrons. The third-order valence-corrected chi connectivity index (χ3v) is 5.26. The molecule has 1 saturated carbocycles. The average molecular weight is 265 g/mol. The number of nitrogens with zero attached hydrogens (tertiary/aromatic N) is 1. The molecule has 0 amide bonds. The fourth-order valence-corrected chi connectivity index (χ4v) is 4.07. The molecule has 1 fully saturated rings. The van der Waals surface area contributed by atoms with E-state index in [1.165, 1.54) is 64.2 Å². The normalized spacial score (nSPS) is 25.8. The molecule has 0 radical (unpaired) electrons. The van der Waals surface area contributed by atoms with E-state index in [0.29, 0.717) is 6.04 Å². The molecule has 0 aromatic rings. The first-order valence-electron chi connectivity index (χ1n) is 8.03. The number of likely N-dealkylation sites (N-methyl/N-ethyl adjacent to an activating group) is 1. The highest BCUT2D eigenvalue weighted by Crippen LogP contribution is 2.40. The summed E-state index contributed by atoms with van der Waals surface area (Å²) in [5, 5.41) is 0. The van der Waals surface area contributed by atoms with Gasteiger partial charge in [0.2, 0.25) is 0 Å². The molecule has 0 saturated heterocycles. The highest BCUT2D eigenvalue weighted by atomic mass is 15.3. The van der Waals surface area contributed by atoms with Crippen molar-refractivity contribution in [3.8, 4) is 0 Å². The number of rotatable bonds is 4. The van der Waals surface area contributed by atoms with Crippen LogP contribution in [0, 0.1) is 0 Å². The standard InChI is InChI=1S/C16H31N3/c1-19(2)16(12-8-9-13-16)15(18-17)14-10-6-4-3-5-7-11-14/h10,15,18H,3-9,11-13,17H2,1-2H3. The highest BCUT2D eigenvalue weighted by molar-refractivity contribution is 5.21. The maximum absolute atomic E-state index is 5.98. The molecule has 0 aliphatic heterocycles. The van der Waals surface area contributed by atoms with Crippen LogP contribution in [0.15, 0.2) is 11.6 Å². The Bertz CT molecular complexity index is 303. The van der Waals surface area contributed by atoms with Gasteiger partial charge in [-0.3, -0.25) is 11.3 Å².